The highest BCUT2D eigenvalue weighted by Crippen LogP contribution is 2.29. The summed E-state index contributed by atoms with van der Waals surface area (Å²) in [5, 5.41) is 8.57. The van der Waals surface area contributed by atoms with Crippen molar-refractivity contribution in [3.63, 3.8) is 0 Å². The monoisotopic (exact) mass is 213 g/mol. The van der Waals surface area contributed by atoms with E-state index in [-0.39, 0.29) is 15.7 Å². The molecule has 0 heterocycles. The maximum Gasteiger partial charge on any atom is 0.141 e. The molecule has 0 fully saturated rings. The van der Waals surface area contributed by atoms with E-state index < -0.39 is 11.6 Å². The van der Waals surface area contributed by atoms with E-state index in [9.17, 15) is 8.78 Å². The first-order valence-electron chi connectivity index (χ1n) is 4.10. The van der Waals surface area contributed by atoms with Crippen LogP contribution in [0.3, 0.4) is 0 Å². The van der Waals surface area contributed by atoms with Crippen LogP contribution in [-0.2, 0) is 0 Å². The van der Waals surface area contributed by atoms with Gasteiger partial charge in [0.1, 0.15) is 11.6 Å². The number of benzene rings is 1. The van der Waals surface area contributed by atoms with Crippen molar-refractivity contribution in [1.29, 1.82) is 5.26 Å². The number of rotatable bonds is 2. The van der Waals surface area contributed by atoms with Crippen LogP contribution in [0.2, 0.25) is 0 Å². The van der Waals surface area contributed by atoms with Crippen molar-refractivity contribution in [3.8, 4) is 6.07 Å². The summed E-state index contributed by atoms with van der Waals surface area (Å²) in [6.45, 7) is 3.70. The fourth-order valence-corrected chi connectivity index (χ4v) is 1.79. The summed E-state index contributed by atoms with van der Waals surface area (Å²) in [7, 11) is 0. The van der Waals surface area contributed by atoms with E-state index in [4.69, 9.17) is 5.26 Å². The van der Waals surface area contributed by atoms with Gasteiger partial charge in [0, 0.05) is 5.25 Å². The van der Waals surface area contributed by atoms with Gasteiger partial charge in [-0.05, 0) is 12.1 Å². The number of hydrogen-bond donors (Lipinski definition) is 0. The molecule has 14 heavy (non-hydrogen) atoms. The number of halogens is 2. The van der Waals surface area contributed by atoms with Crippen LogP contribution in [-0.4, -0.2) is 5.25 Å². The highest BCUT2D eigenvalue weighted by molar-refractivity contribution is 7.99. The van der Waals surface area contributed by atoms with Gasteiger partial charge in [-0.2, -0.15) is 5.26 Å². The Morgan fingerprint density at radius 3 is 2.14 bits per heavy atom. The lowest BCUT2D eigenvalue weighted by Crippen LogP contribution is -1.94. The van der Waals surface area contributed by atoms with Crippen LogP contribution in [0.25, 0.3) is 0 Å². The Labute approximate surface area is 85.7 Å². The van der Waals surface area contributed by atoms with Crippen molar-refractivity contribution in [2.24, 2.45) is 0 Å². The van der Waals surface area contributed by atoms with E-state index in [2.05, 4.69) is 0 Å². The standard InChI is InChI=1S/C10H9F2NS/c1-6(2)14-10-8(11)3-7(5-13)4-9(10)12/h3-4,6H,1-2H3. The Bertz CT molecular complexity index is 359. The van der Waals surface area contributed by atoms with Crippen molar-refractivity contribution in [2.75, 3.05) is 0 Å². The molecular weight excluding hydrogens is 204 g/mol. The highest BCUT2D eigenvalue weighted by Gasteiger charge is 2.12. The van der Waals surface area contributed by atoms with Crippen molar-refractivity contribution in [3.05, 3.63) is 29.3 Å². The van der Waals surface area contributed by atoms with E-state index in [1.54, 1.807) is 6.07 Å². The lowest BCUT2D eigenvalue weighted by molar-refractivity contribution is 0.539. The van der Waals surface area contributed by atoms with E-state index in [0.29, 0.717) is 0 Å². The Kier molecular flexibility index (Phi) is 3.48. The van der Waals surface area contributed by atoms with Crippen LogP contribution in [0.15, 0.2) is 17.0 Å². The lowest BCUT2D eigenvalue weighted by atomic mass is 10.2. The van der Waals surface area contributed by atoms with Gasteiger partial charge < -0.3 is 0 Å². The Morgan fingerprint density at radius 2 is 1.79 bits per heavy atom. The van der Waals surface area contributed by atoms with Gasteiger partial charge in [-0.1, -0.05) is 13.8 Å². The van der Waals surface area contributed by atoms with Crippen LogP contribution in [0.1, 0.15) is 19.4 Å². The summed E-state index contributed by atoms with van der Waals surface area (Å²) < 4.78 is 26.5. The normalized spacial score (nSPS) is 10.3. The number of nitriles is 1. The first-order chi connectivity index (χ1) is 6.54. The fraction of sp³-hybridized carbons (Fsp3) is 0.300. The number of thioether (sulfide) groups is 1. The molecule has 0 unspecified atom stereocenters. The van der Waals surface area contributed by atoms with Crippen LogP contribution < -0.4 is 0 Å². The molecule has 0 bridgehead atoms. The van der Waals surface area contributed by atoms with Crippen molar-refractivity contribution in [2.45, 2.75) is 24.0 Å². The molecule has 4 heteroatoms. The summed E-state index contributed by atoms with van der Waals surface area (Å²) in [5.41, 5.74) is 0.00751. The molecule has 1 rings (SSSR count). The molecule has 74 valence electrons. The number of nitrogens with zero attached hydrogens (tertiary/aromatic N) is 1. The number of hydrogen-bond acceptors (Lipinski definition) is 2. The topological polar surface area (TPSA) is 23.8 Å². The van der Waals surface area contributed by atoms with Gasteiger partial charge in [0.05, 0.1) is 16.5 Å². The first kappa shape index (κ1) is 11.0. The molecule has 1 aromatic rings. The van der Waals surface area contributed by atoms with Crippen molar-refractivity contribution < 1.29 is 8.78 Å². The molecule has 0 saturated heterocycles. The molecule has 0 radical (unpaired) electrons. The molecule has 1 nitrogen and oxygen atoms in total. The minimum atomic E-state index is -0.666. The molecule has 0 spiro atoms. The van der Waals surface area contributed by atoms with E-state index in [0.717, 1.165) is 23.9 Å². The third-order valence-electron chi connectivity index (χ3n) is 1.48. The smallest absolute Gasteiger partial charge is 0.141 e. The van der Waals surface area contributed by atoms with Gasteiger partial charge in [-0.3, -0.25) is 0 Å². The summed E-state index contributed by atoms with van der Waals surface area (Å²) in [4.78, 5) is -0.0148. The average Bonchev–Trinajstić information content (AvgIpc) is 2.10. The lowest BCUT2D eigenvalue weighted by Gasteiger charge is -2.07. The zero-order chi connectivity index (χ0) is 10.7. The van der Waals surface area contributed by atoms with Crippen molar-refractivity contribution >= 4 is 11.8 Å². The molecule has 0 aromatic heterocycles. The molecule has 0 saturated carbocycles. The summed E-state index contributed by atoms with van der Waals surface area (Å²) in [6, 6.07) is 3.80. The van der Waals surface area contributed by atoms with E-state index >= 15 is 0 Å². The maximum absolute atomic E-state index is 13.2. The molecule has 1 aromatic carbocycles. The molecule has 0 aliphatic rings. The minimum Gasteiger partial charge on any atom is -0.206 e. The molecule has 0 aliphatic heterocycles. The molecule has 0 aliphatic carbocycles. The average molecular weight is 213 g/mol. The molecule has 0 atom stereocenters. The highest BCUT2D eigenvalue weighted by atomic mass is 32.2. The van der Waals surface area contributed by atoms with E-state index in [1.807, 2.05) is 13.8 Å². The SMILES string of the molecule is CC(C)Sc1c(F)cc(C#N)cc1F. The second-order valence-corrected chi connectivity index (χ2v) is 4.63. The van der Waals surface area contributed by atoms with Crippen LogP contribution >= 0.6 is 11.8 Å². The minimum absolute atomic E-state index is 0.00751. The van der Waals surface area contributed by atoms with Gasteiger partial charge in [0.15, 0.2) is 0 Å². The maximum atomic E-state index is 13.2. The predicted octanol–water partition coefficient (Wildman–Crippen LogP) is 3.34. The van der Waals surface area contributed by atoms with Crippen LogP contribution in [0.4, 0.5) is 8.78 Å². The van der Waals surface area contributed by atoms with Crippen molar-refractivity contribution in [1.82, 2.24) is 0 Å². The first-order valence-corrected chi connectivity index (χ1v) is 4.98. The third-order valence-corrected chi connectivity index (χ3v) is 2.58. The van der Waals surface area contributed by atoms with Gasteiger partial charge in [0.2, 0.25) is 0 Å². The molecule has 0 amide bonds. The van der Waals surface area contributed by atoms with Gasteiger partial charge in [-0.25, -0.2) is 8.78 Å². The predicted molar refractivity (Wildman–Crippen MR) is 52.1 cm³/mol. The second-order valence-electron chi connectivity index (χ2n) is 3.05. The molecule has 0 N–H and O–H groups in total. The quantitative estimate of drug-likeness (QED) is 0.703. The summed E-state index contributed by atoms with van der Waals surface area (Å²) >= 11 is 1.11. The summed E-state index contributed by atoms with van der Waals surface area (Å²) in [5.74, 6) is -1.33. The Morgan fingerprint density at radius 1 is 1.29 bits per heavy atom. The van der Waals surface area contributed by atoms with Crippen LogP contribution in [0, 0.1) is 23.0 Å². The van der Waals surface area contributed by atoms with Gasteiger partial charge >= 0.3 is 0 Å². The second kappa shape index (κ2) is 4.43. The zero-order valence-corrected chi connectivity index (χ0v) is 8.66. The Balaban J connectivity index is 3.13. The Hall–Kier alpha value is -1.08. The summed E-state index contributed by atoms with van der Waals surface area (Å²) in [6.07, 6.45) is 0. The van der Waals surface area contributed by atoms with E-state index in [1.165, 1.54) is 0 Å². The van der Waals surface area contributed by atoms with Crippen LogP contribution in [0.5, 0.6) is 0 Å². The zero-order valence-electron chi connectivity index (χ0n) is 7.84. The fourth-order valence-electron chi connectivity index (χ4n) is 0.973. The van der Waals surface area contributed by atoms with Gasteiger partial charge in [-0.15, -0.1) is 11.8 Å². The van der Waals surface area contributed by atoms with Gasteiger partial charge in [0.25, 0.3) is 0 Å². The third kappa shape index (κ3) is 2.46. The molecular formula is C10H9F2NS. The largest absolute Gasteiger partial charge is 0.206 e.